The van der Waals surface area contributed by atoms with E-state index in [1.165, 1.54) is 4.90 Å². The number of amides is 2. The molecule has 0 fully saturated rings. The average Bonchev–Trinajstić information content (AvgIpc) is 3.31. The second kappa shape index (κ2) is 8.22. The summed E-state index contributed by atoms with van der Waals surface area (Å²) in [6.45, 7) is 3.22. The van der Waals surface area contributed by atoms with Crippen molar-refractivity contribution < 1.29 is 9.59 Å². The number of nitrogens with zero attached hydrogens (tertiary/aromatic N) is 4. The second-order valence-corrected chi connectivity index (χ2v) is 6.83. The van der Waals surface area contributed by atoms with Crippen molar-refractivity contribution in [3.05, 3.63) is 59.5 Å². The number of pyridine rings is 1. The van der Waals surface area contributed by atoms with Gasteiger partial charge in [0.05, 0.1) is 11.1 Å². The average molecular weight is 390 g/mol. The van der Waals surface area contributed by atoms with Crippen molar-refractivity contribution in [2.75, 3.05) is 18.4 Å². The first-order valence-electron chi connectivity index (χ1n) is 9.74. The Kier molecular flexibility index (Phi) is 5.33. The fraction of sp³-hybridized carbons (Fsp3) is 0.286. The first-order valence-corrected chi connectivity index (χ1v) is 9.74. The molecule has 0 spiro atoms. The molecule has 8 heteroatoms. The van der Waals surface area contributed by atoms with E-state index in [4.69, 9.17) is 0 Å². The number of carbonyl (C=O) groups excluding carboxylic acids is 2. The summed E-state index contributed by atoms with van der Waals surface area (Å²) < 4.78 is 0. The minimum atomic E-state index is -0.207. The molecule has 1 aliphatic rings. The Morgan fingerprint density at radius 2 is 1.83 bits per heavy atom. The lowest BCUT2D eigenvalue weighted by Crippen LogP contribution is -2.30. The maximum atomic E-state index is 12.4. The van der Waals surface area contributed by atoms with Crippen LogP contribution in [-0.2, 0) is 6.42 Å². The molecule has 0 aliphatic carbocycles. The van der Waals surface area contributed by atoms with Gasteiger partial charge in [-0.25, -0.2) is 9.97 Å². The number of aromatic amines is 1. The van der Waals surface area contributed by atoms with Crippen molar-refractivity contribution in [2.24, 2.45) is 0 Å². The molecule has 148 valence electrons. The predicted molar refractivity (Wildman–Crippen MR) is 109 cm³/mol. The van der Waals surface area contributed by atoms with E-state index >= 15 is 0 Å². The summed E-state index contributed by atoms with van der Waals surface area (Å²) >= 11 is 0. The first kappa shape index (κ1) is 18.8. The van der Waals surface area contributed by atoms with Gasteiger partial charge in [-0.3, -0.25) is 19.6 Å². The van der Waals surface area contributed by atoms with E-state index in [0.29, 0.717) is 36.3 Å². The SMILES string of the molecule is CCNc1cc(-c2n[nH]c(CCCCN3C(=O)c4ccccc4C3=O)n2)ccn1. The predicted octanol–water partition coefficient (Wildman–Crippen LogP) is 2.92. The topological polar surface area (TPSA) is 104 Å². The number of hydrogen-bond donors (Lipinski definition) is 2. The smallest absolute Gasteiger partial charge is 0.261 e. The van der Waals surface area contributed by atoms with Crippen molar-refractivity contribution in [3.8, 4) is 11.4 Å². The van der Waals surface area contributed by atoms with Gasteiger partial charge in [0.2, 0.25) is 0 Å². The number of hydrogen-bond acceptors (Lipinski definition) is 6. The van der Waals surface area contributed by atoms with Crippen molar-refractivity contribution in [1.29, 1.82) is 0 Å². The fourth-order valence-electron chi connectivity index (χ4n) is 3.39. The number of carbonyl (C=O) groups is 2. The number of rotatable bonds is 8. The molecule has 1 aliphatic heterocycles. The number of imide groups is 1. The van der Waals surface area contributed by atoms with Crippen LogP contribution in [0.3, 0.4) is 0 Å². The molecular weight excluding hydrogens is 368 g/mol. The third-order valence-corrected chi connectivity index (χ3v) is 4.83. The van der Waals surface area contributed by atoms with Gasteiger partial charge in [-0.15, -0.1) is 0 Å². The Morgan fingerprint density at radius 3 is 2.55 bits per heavy atom. The number of fused-ring (bicyclic) bond motifs is 1. The molecule has 0 bridgehead atoms. The molecule has 1 aromatic carbocycles. The number of anilines is 1. The van der Waals surface area contributed by atoms with Crippen molar-refractivity contribution >= 4 is 17.6 Å². The zero-order valence-corrected chi connectivity index (χ0v) is 16.2. The number of aryl methyl sites for hydroxylation is 1. The van der Waals surface area contributed by atoms with E-state index in [9.17, 15) is 9.59 Å². The summed E-state index contributed by atoms with van der Waals surface area (Å²) in [7, 11) is 0. The Balaban J connectivity index is 1.31. The minimum absolute atomic E-state index is 0.207. The van der Waals surface area contributed by atoms with Gasteiger partial charge >= 0.3 is 0 Å². The van der Waals surface area contributed by atoms with Crippen LogP contribution in [0.5, 0.6) is 0 Å². The van der Waals surface area contributed by atoms with Crippen molar-refractivity contribution in [3.63, 3.8) is 0 Å². The van der Waals surface area contributed by atoms with Crippen LogP contribution >= 0.6 is 0 Å². The summed E-state index contributed by atoms with van der Waals surface area (Å²) in [5.41, 5.74) is 1.88. The molecule has 3 heterocycles. The fourth-order valence-corrected chi connectivity index (χ4v) is 3.39. The molecule has 0 atom stereocenters. The van der Waals surface area contributed by atoms with Crippen molar-refractivity contribution in [2.45, 2.75) is 26.2 Å². The van der Waals surface area contributed by atoms with E-state index in [1.807, 2.05) is 19.1 Å². The molecule has 2 N–H and O–H groups in total. The summed E-state index contributed by atoms with van der Waals surface area (Å²) in [5.74, 6) is 1.78. The van der Waals surface area contributed by atoms with E-state index < -0.39 is 0 Å². The molecule has 8 nitrogen and oxygen atoms in total. The Hall–Kier alpha value is -3.55. The van der Waals surface area contributed by atoms with Crippen LogP contribution in [-0.4, -0.2) is 50.0 Å². The van der Waals surface area contributed by atoms with Gasteiger partial charge in [-0.2, -0.15) is 5.10 Å². The van der Waals surface area contributed by atoms with Gasteiger partial charge in [0.15, 0.2) is 5.82 Å². The molecule has 2 amide bonds. The van der Waals surface area contributed by atoms with Crippen LogP contribution in [0.25, 0.3) is 11.4 Å². The maximum Gasteiger partial charge on any atom is 0.261 e. The largest absolute Gasteiger partial charge is 0.370 e. The molecule has 0 radical (unpaired) electrons. The highest BCUT2D eigenvalue weighted by molar-refractivity contribution is 6.21. The molecule has 3 aromatic rings. The van der Waals surface area contributed by atoms with Crippen molar-refractivity contribution in [1.82, 2.24) is 25.1 Å². The first-order chi connectivity index (χ1) is 14.2. The lowest BCUT2D eigenvalue weighted by atomic mass is 10.1. The quantitative estimate of drug-likeness (QED) is 0.453. The van der Waals surface area contributed by atoms with Crippen LogP contribution in [0, 0.1) is 0 Å². The number of benzene rings is 1. The van der Waals surface area contributed by atoms with Gasteiger partial charge in [0.25, 0.3) is 11.8 Å². The van der Waals surface area contributed by atoms with Gasteiger partial charge in [-0.1, -0.05) is 12.1 Å². The molecule has 4 rings (SSSR count). The highest BCUT2D eigenvalue weighted by Gasteiger charge is 2.34. The zero-order valence-electron chi connectivity index (χ0n) is 16.2. The Bertz CT molecular complexity index is 1010. The van der Waals surface area contributed by atoms with Crippen LogP contribution in [0.4, 0.5) is 5.82 Å². The number of unbranched alkanes of at least 4 members (excludes halogenated alkanes) is 1. The van der Waals surface area contributed by atoms with E-state index in [1.54, 1.807) is 30.5 Å². The molecule has 29 heavy (non-hydrogen) atoms. The molecule has 0 saturated carbocycles. The normalized spacial score (nSPS) is 13.1. The monoisotopic (exact) mass is 390 g/mol. The molecule has 0 saturated heterocycles. The summed E-state index contributed by atoms with van der Waals surface area (Å²) in [6.07, 6.45) is 3.93. The number of nitrogens with one attached hydrogen (secondary N) is 2. The molecular formula is C21H22N6O2. The molecule has 2 aromatic heterocycles. The van der Waals surface area contributed by atoms with Gasteiger partial charge in [0.1, 0.15) is 11.6 Å². The van der Waals surface area contributed by atoms with Gasteiger partial charge in [0, 0.05) is 31.3 Å². The standard InChI is InChI=1S/C21H22N6O2/c1-2-22-18-13-14(10-11-23-18)19-24-17(25-26-19)9-5-6-12-27-20(28)15-7-3-4-8-16(15)21(27)29/h3-4,7-8,10-11,13H,2,5-6,9,12H2,1H3,(H,22,23)(H,24,25,26). The number of H-pyrrole nitrogens is 1. The Labute approximate surface area is 168 Å². The highest BCUT2D eigenvalue weighted by atomic mass is 16.2. The van der Waals surface area contributed by atoms with Crippen LogP contribution < -0.4 is 5.32 Å². The third kappa shape index (κ3) is 3.87. The van der Waals surface area contributed by atoms with E-state index in [0.717, 1.165) is 30.2 Å². The third-order valence-electron chi connectivity index (χ3n) is 4.83. The highest BCUT2D eigenvalue weighted by Crippen LogP contribution is 2.23. The maximum absolute atomic E-state index is 12.4. The van der Waals surface area contributed by atoms with Gasteiger partial charge < -0.3 is 5.32 Å². The lowest BCUT2D eigenvalue weighted by Gasteiger charge is -2.13. The van der Waals surface area contributed by atoms with Crippen LogP contribution in [0.15, 0.2) is 42.6 Å². The summed E-state index contributed by atoms with van der Waals surface area (Å²) in [5, 5.41) is 10.4. The molecule has 0 unspecified atom stereocenters. The summed E-state index contributed by atoms with van der Waals surface area (Å²) in [4.78, 5) is 34.9. The summed E-state index contributed by atoms with van der Waals surface area (Å²) in [6, 6.07) is 10.7. The zero-order chi connectivity index (χ0) is 20.2. The lowest BCUT2D eigenvalue weighted by molar-refractivity contribution is 0.0652. The number of aromatic nitrogens is 4. The van der Waals surface area contributed by atoms with Crippen LogP contribution in [0.2, 0.25) is 0 Å². The minimum Gasteiger partial charge on any atom is -0.370 e. The Morgan fingerprint density at radius 1 is 1.07 bits per heavy atom. The van der Waals surface area contributed by atoms with E-state index in [2.05, 4.69) is 25.5 Å². The van der Waals surface area contributed by atoms with Crippen LogP contribution in [0.1, 0.15) is 46.3 Å². The van der Waals surface area contributed by atoms with Gasteiger partial charge in [-0.05, 0) is 44.0 Å². The van der Waals surface area contributed by atoms with E-state index in [-0.39, 0.29) is 11.8 Å². The second-order valence-electron chi connectivity index (χ2n) is 6.83.